The summed E-state index contributed by atoms with van der Waals surface area (Å²) in [4.78, 5) is 14.2. The third kappa shape index (κ3) is 2.50. The van der Waals surface area contributed by atoms with Gasteiger partial charge in [0.05, 0.1) is 0 Å². The molecule has 3 heterocycles. The van der Waals surface area contributed by atoms with Crippen LogP contribution in [0.25, 0.3) is 0 Å². The van der Waals surface area contributed by atoms with E-state index in [-0.39, 0.29) is 5.91 Å². The quantitative estimate of drug-likeness (QED) is 0.862. The summed E-state index contributed by atoms with van der Waals surface area (Å²) in [6.45, 7) is 4.09. The predicted octanol–water partition coefficient (Wildman–Crippen LogP) is 0.502. The Balaban J connectivity index is 1.66. The number of nitrogens with zero attached hydrogens (tertiary/aromatic N) is 2. The van der Waals surface area contributed by atoms with E-state index in [9.17, 15) is 4.79 Å². The second-order valence-electron chi connectivity index (χ2n) is 5.33. The lowest BCUT2D eigenvalue weighted by molar-refractivity contribution is 0.0631. The van der Waals surface area contributed by atoms with Gasteiger partial charge in [0.25, 0.3) is 5.91 Å². The molecule has 1 aromatic rings. The fourth-order valence-corrected chi connectivity index (χ4v) is 3.01. The van der Waals surface area contributed by atoms with Crippen LogP contribution in [0.5, 0.6) is 0 Å². The monoisotopic (exact) mass is 265 g/mol. The molecule has 0 spiro atoms. The van der Waals surface area contributed by atoms with Crippen molar-refractivity contribution in [3.05, 3.63) is 17.5 Å². The van der Waals surface area contributed by atoms with E-state index in [4.69, 9.17) is 9.26 Å². The molecule has 2 aliphatic heterocycles. The van der Waals surface area contributed by atoms with Crippen LogP contribution in [0.2, 0.25) is 0 Å². The molecule has 1 N–H and O–H groups in total. The minimum absolute atomic E-state index is 0.0311. The number of fused-ring (bicyclic) bond motifs is 1. The summed E-state index contributed by atoms with van der Waals surface area (Å²) in [7, 11) is 1.59. The molecule has 0 radical (unpaired) electrons. The van der Waals surface area contributed by atoms with Gasteiger partial charge in [0.15, 0.2) is 11.5 Å². The van der Waals surface area contributed by atoms with Crippen molar-refractivity contribution in [1.29, 1.82) is 0 Å². The maximum atomic E-state index is 12.3. The third-order valence-corrected chi connectivity index (χ3v) is 4.06. The second kappa shape index (κ2) is 5.30. The van der Waals surface area contributed by atoms with E-state index < -0.39 is 0 Å². The summed E-state index contributed by atoms with van der Waals surface area (Å²) in [5.74, 6) is 1.87. The Kier molecular flexibility index (Phi) is 3.52. The summed E-state index contributed by atoms with van der Waals surface area (Å²) in [6.07, 6.45) is 1.08. The molecule has 19 heavy (non-hydrogen) atoms. The summed E-state index contributed by atoms with van der Waals surface area (Å²) >= 11 is 0. The molecule has 2 saturated heterocycles. The lowest BCUT2D eigenvalue weighted by Crippen LogP contribution is -2.43. The molecule has 0 bridgehead atoms. The van der Waals surface area contributed by atoms with Gasteiger partial charge in [-0.3, -0.25) is 4.79 Å². The van der Waals surface area contributed by atoms with E-state index in [2.05, 4.69) is 10.5 Å². The molecule has 2 atom stereocenters. The van der Waals surface area contributed by atoms with E-state index >= 15 is 0 Å². The number of likely N-dealkylation sites (tertiary alicyclic amines) is 1. The summed E-state index contributed by atoms with van der Waals surface area (Å²) < 4.78 is 10.0. The fourth-order valence-electron chi connectivity index (χ4n) is 3.01. The molecule has 0 saturated carbocycles. The first-order valence-electron chi connectivity index (χ1n) is 6.72. The molecule has 2 aliphatic rings. The normalized spacial score (nSPS) is 26.5. The Morgan fingerprint density at radius 1 is 1.58 bits per heavy atom. The number of ether oxygens (including phenoxy) is 1. The van der Waals surface area contributed by atoms with Gasteiger partial charge in [-0.2, -0.15) is 0 Å². The van der Waals surface area contributed by atoms with Gasteiger partial charge in [-0.15, -0.1) is 0 Å². The topological polar surface area (TPSA) is 67.6 Å². The van der Waals surface area contributed by atoms with E-state index in [1.165, 1.54) is 0 Å². The van der Waals surface area contributed by atoms with Crippen LogP contribution in [0.3, 0.4) is 0 Å². The van der Waals surface area contributed by atoms with E-state index in [1.807, 2.05) is 4.90 Å². The molecule has 2 unspecified atom stereocenters. The number of rotatable bonds is 3. The van der Waals surface area contributed by atoms with Crippen LogP contribution in [-0.4, -0.2) is 49.3 Å². The van der Waals surface area contributed by atoms with Crippen LogP contribution in [0, 0.1) is 11.8 Å². The lowest BCUT2D eigenvalue weighted by Gasteiger charge is -2.33. The Morgan fingerprint density at radius 2 is 2.42 bits per heavy atom. The Morgan fingerprint density at radius 3 is 3.26 bits per heavy atom. The number of hydrogen-bond donors (Lipinski definition) is 1. The van der Waals surface area contributed by atoms with Gasteiger partial charge >= 0.3 is 0 Å². The molecule has 0 aliphatic carbocycles. The van der Waals surface area contributed by atoms with Crippen molar-refractivity contribution in [2.45, 2.75) is 13.0 Å². The number of methoxy groups -OCH3 is 1. The van der Waals surface area contributed by atoms with E-state index in [0.29, 0.717) is 24.0 Å². The molecule has 1 aromatic heterocycles. The van der Waals surface area contributed by atoms with Crippen molar-refractivity contribution in [1.82, 2.24) is 15.4 Å². The highest BCUT2D eigenvalue weighted by molar-refractivity contribution is 5.92. The van der Waals surface area contributed by atoms with Gasteiger partial charge in [-0.25, -0.2) is 0 Å². The van der Waals surface area contributed by atoms with Crippen LogP contribution in [0.4, 0.5) is 0 Å². The van der Waals surface area contributed by atoms with Gasteiger partial charge < -0.3 is 19.5 Å². The first kappa shape index (κ1) is 12.6. The lowest BCUT2D eigenvalue weighted by atomic mass is 9.88. The van der Waals surface area contributed by atoms with Crippen LogP contribution < -0.4 is 5.32 Å². The van der Waals surface area contributed by atoms with Gasteiger partial charge in [-0.1, -0.05) is 5.16 Å². The average molecular weight is 265 g/mol. The van der Waals surface area contributed by atoms with Crippen LogP contribution in [0.15, 0.2) is 10.6 Å². The maximum absolute atomic E-state index is 12.3. The highest BCUT2D eigenvalue weighted by Gasteiger charge is 2.35. The summed E-state index contributed by atoms with van der Waals surface area (Å²) in [5.41, 5.74) is 0.386. The number of piperidine rings is 1. The van der Waals surface area contributed by atoms with Gasteiger partial charge in [0, 0.05) is 26.3 Å². The summed E-state index contributed by atoms with van der Waals surface area (Å²) in [6, 6.07) is 1.67. The Bertz CT molecular complexity index is 460. The Labute approximate surface area is 112 Å². The number of hydrogen-bond acceptors (Lipinski definition) is 5. The average Bonchev–Trinajstić information content (AvgIpc) is 3.05. The van der Waals surface area contributed by atoms with E-state index in [1.54, 1.807) is 13.2 Å². The van der Waals surface area contributed by atoms with Crippen LogP contribution in [-0.2, 0) is 11.3 Å². The molecule has 6 nitrogen and oxygen atoms in total. The number of carbonyl (C=O) groups is 1. The zero-order chi connectivity index (χ0) is 13.2. The molecule has 104 valence electrons. The standard InChI is InChI=1S/C13H19N3O3/c1-18-8-11-4-12(15-19-11)13(17)16-3-2-9-5-14-6-10(9)7-16/h4,9-10,14H,2-3,5-8H2,1H3. The molecule has 0 aromatic carbocycles. The van der Waals surface area contributed by atoms with Crippen molar-refractivity contribution in [3.8, 4) is 0 Å². The third-order valence-electron chi connectivity index (χ3n) is 4.06. The SMILES string of the molecule is COCc1cc(C(=O)N2CCC3CNCC3C2)no1. The number of nitrogens with one attached hydrogen (secondary N) is 1. The van der Waals surface area contributed by atoms with Crippen molar-refractivity contribution in [2.75, 3.05) is 33.3 Å². The minimum atomic E-state index is -0.0311. The zero-order valence-electron chi connectivity index (χ0n) is 11.1. The van der Waals surface area contributed by atoms with Crippen molar-refractivity contribution >= 4 is 5.91 Å². The second-order valence-corrected chi connectivity index (χ2v) is 5.33. The highest BCUT2D eigenvalue weighted by Crippen LogP contribution is 2.27. The molecule has 1 amide bonds. The van der Waals surface area contributed by atoms with E-state index in [0.717, 1.165) is 38.5 Å². The Hall–Kier alpha value is -1.40. The van der Waals surface area contributed by atoms with Crippen molar-refractivity contribution < 1.29 is 14.1 Å². The minimum Gasteiger partial charge on any atom is -0.377 e. The van der Waals surface area contributed by atoms with Crippen LogP contribution >= 0.6 is 0 Å². The first-order valence-corrected chi connectivity index (χ1v) is 6.72. The van der Waals surface area contributed by atoms with Crippen LogP contribution in [0.1, 0.15) is 22.7 Å². The molecule has 6 heteroatoms. The number of carbonyl (C=O) groups excluding carboxylic acids is 1. The zero-order valence-corrected chi connectivity index (χ0v) is 11.1. The van der Waals surface area contributed by atoms with Crippen molar-refractivity contribution in [3.63, 3.8) is 0 Å². The van der Waals surface area contributed by atoms with Gasteiger partial charge in [-0.05, 0) is 31.3 Å². The molecular formula is C13H19N3O3. The van der Waals surface area contributed by atoms with Gasteiger partial charge in [0.2, 0.25) is 0 Å². The predicted molar refractivity (Wildman–Crippen MR) is 67.6 cm³/mol. The first-order chi connectivity index (χ1) is 9.28. The van der Waals surface area contributed by atoms with Crippen molar-refractivity contribution in [2.24, 2.45) is 11.8 Å². The maximum Gasteiger partial charge on any atom is 0.276 e. The smallest absolute Gasteiger partial charge is 0.276 e. The molecule has 2 fully saturated rings. The fraction of sp³-hybridized carbons (Fsp3) is 0.692. The largest absolute Gasteiger partial charge is 0.377 e. The highest BCUT2D eigenvalue weighted by atomic mass is 16.5. The number of amides is 1. The summed E-state index contributed by atoms with van der Waals surface area (Å²) in [5, 5.41) is 7.23. The number of aromatic nitrogens is 1. The van der Waals surface area contributed by atoms with Gasteiger partial charge in [0.1, 0.15) is 6.61 Å². The molecule has 3 rings (SSSR count). The molecular weight excluding hydrogens is 246 g/mol.